The van der Waals surface area contributed by atoms with Gasteiger partial charge in [0.15, 0.2) is 0 Å². The highest BCUT2D eigenvalue weighted by molar-refractivity contribution is 8.00. The second-order valence-electron chi connectivity index (χ2n) is 6.93. The molecular weight excluding hydrogens is 496 g/mol. The standard InChI is InChI=1S/C23H17Cl2F3N2O2S/c1-13(21(31)30-20-10-5-16(25)12-19(20)23(26,27)28)33-18-8-6-17(7-9-18)29-22(32)14-3-2-4-15(24)11-14/h2-13H,1H3,(H,29,32)(H,30,31). The largest absolute Gasteiger partial charge is 0.418 e. The first-order chi connectivity index (χ1) is 15.5. The second kappa shape index (κ2) is 10.5. The third kappa shape index (κ3) is 6.90. The summed E-state index contributed by atoms with van der Waals surface area (Å²) in [5.41, 5.74) is -0.423. The molecule has 2 N–H and O–H groups in total. The summed E-state index contributed by atoms with van der Waals surface area (Å²) in [5, 5.41) is 4.74. The van der Waals surface area contributed by atoms with E-state index in [0.29, 0.717) is 21.2 Å². The minimum Gasteiger partial charge on any atom is -0.325 e. The predicted octanol–water partition coefficient (Wildman–Crippen LogP) is 7.38. The van der Waals surface area contributed by atoms with Gasteiger partial charge in [-0.2, -0.15) is 13.2 Å². The van der Waals surface area contributed by atoms with Crippen molar-refractivity contribution in [2.75, 3.05) is 10.6 Å². The Hall–Kier alpha value is -2.68. The summed E-state index contributed by atoms with van der Waals surface area (Å²) in [5.74, 6) is -0.916. The lowest BCUT2D eigenvalue weighted by atomic mass is 10.1. The number of alkyl halides is 3. The van der Waals surface area contributed by atoms with Gasteiger partial charge in [-0.05, 0) is 67.6 Å². The van der Waals surface area contributed by atoms with Gasteiger partial charge < -0.3 is 10.6 Å². The van der Waals surface area contributed by atoms with Crippen molar-refractivity contribution in [1.29, 1.82) is 0 Å². The van der Waals surface area contributed by atoms with Gasteiger partial charge in [0.2, 0.25) is 5.91 Å². The van der Waals surface area contributed by atoms with E-state index in [0.717, 1.165) is 23.9 Å². The minimum atomic E-state index is -4.66. The molecule has 2 amide bonds. The third-order valence-electron chi connectivity index (χ3n) is 4.43. The molecule has 0 aliphatic carbocycles. The molecule has 0 aromatic heterocycles. The molecule has 0 spiro atoms. The first kappa shape index (κ1) is 25.0. The molecule has 4 nitrogen and oxygen atoms in total. The molecule has 0 aliphatic rings. The first-order valence-electron chi connectivity index (χ1n) is 9.54. The summed E-state index contributed by atoms with van der Waals surface area (Å²) in [7, 11) is 0. The summed E-state index contributed by atoms with van der Waals surface area (Å²) in [6.45, 7) is 1.58. The Morgan fingerprint density at radius 2 is 1.58 bits per heavy atom. The summed E-state index contributed by atoms with van der Waals surface area (Å²) in [4.78, 5) is 25.5. The van der Waals surface area contributed by atoms with E-state index in [-0.39, 0.29) is 16.6 Å². The molecular formula is C23H17Cl2F3N2O2S. The summed E-state index contributed by atoms with van der Waals surface area (Å²) < 4.78 is 39.7. The molecule has 0 saturated heterocycles. The number of carbonyl (C=O) groups excluding carboxylic acids is 2. The van der Waals surface area contributed by atoms with Gasteiger partial charge in [0.25, 0.3) is 5.91 Å². The Kier molecular flexibility index (Phi) is 7.94. The lowest BCUT2D eigenvalue weighted by molar-refractivity contribution is -0.137. The Morgan fingerprint density at radius 1 is 0.909 bits per heavy atom. The normalized spacial score (nSPS) is 12.2. The highest BCUT2D eigenvalue weighted by Gasteiger charge is 2.34. The molecule has 3 rings (SSSR count). The smallest absolute Gasteiger partial charge is 0.325 e. The van der Waals surface area contributed by atoms with Gasteiger partial charge in [-0.1, -0.05) is 29.3 Å². The van der Waals surface area contributed by atoms with Gasteiger partial charge in [0.05, 0.1) is 16.5 Å². The van der Waals surface area contributed by atoms with Crippen LogP contribution in [0.4, 0.5) is 24.5 Å². The van der Waals surface area contributed by atoms with Gasteiger partial charge in [0.1, 0.15) is 0 Å². The van der Waals surface area contributed by atoms with Crippen LogP contribution in [0.5, 0.6) is 0 Å². The van der Waals surface area contributed by atoms with Crippen molar-refractivity contribution < 1.29 is 22.8 Å². The third-order valence-corrected chi connectivity index (χ3v) is 6.01. The van der Waals surface area contributed by atoms with Crippen LogP contribution in [0, 0.1) is 0 Å². The number of hydrogen-bond donors (Lipinski definition) is 2. The van der Waals surface area contributed by atoms with Gasteiger partial charge in [-0.25, -0.2) is 0 Å². The van der Waals surface area contributed by atoms with Crippen LogP contribution in [0.25, 0.3) is 0 Å². The number of anilines is 2. The Bertz CT molecular complexity index is 1170. The molecule has 3 aromatic carbocycles. The minimum absolute atomic E-state index is 0.0784. The van der Waals surface area contributed by atoms with Crippen molar-refractivity contribution >= 4 is 58.2 Å². The van der Waals surface area contributed by atoms with Crippen molar-refractivity contribution in [3.63, 3.8) is 0 Å². The molecule has 0 fully saturated rings. The van der Waals surface area contributed by atoms with Crippen LogP contribution in [0.2, 0.25) is 10.0 Å². The zero-order valence-electron chi connectivity index (χ0n) is 17.0. The number of rotatable bonds is 6. The van der Waals surface area contributed by atoms with E-state index >= 15 is 0 Å². The predicted molar refractivity (Wildman–Crippen MR) is 126 cm³/mol. The number of hydrogen-bond acceptors (Lipinski definition) is 3. The Balaban J connectivity index is 1.62. The van der Waals surface area contributed by atoms with E-state index in [1.807, 2.05) is 0 Å². The number of benzene rings is 3. The van der Waals surface area contributed by atoms with Gasteiger partial charge in [0, 0.05) is 26.2 Å². The average molecular weight is 513 g/mol. The molecule has 0 aliphatic heterocycles. The van der Waals surface area contributed by atoms with Crippen molar-refractivity contribution in [2.24, 2.45) is 0 Å². The zero-order valence-corrected chi connectivity index (χ0v) is 19.4. The maximum Gasteiger partial charge on any atom is 0.418 e. The fourth-order valence-corrected chi connectivity index (χ4v) is 4.03. The van der Waals surface area contributed by atoms with Crippen LogP contribution in [-0.4, -0.2) is 17.1 Å². The fraction of sp³-hybridized carbons (Fsp3) is 0.130. The summed E-state index contributed by atoms with van der Waals surface area (Å²) >= 11 is 12.7. The van der Waals surface area contributed by atoms with E-state index in [1.54, 1.807) is 55.5 Å². The molecule has 0 radical (unpaired) electrons. The van der Waals surface area contributed by atoms with Crippen LogP contribution >= 0.6 is 35.0 Å². The molecule has 3 aromatic rings. The summed E-state index contributed by atoms with van der Waals surface area (Å²) in [6.07, 6.45) is -4.66. The van der Waals surface area contributed by atoms with Crippen LogP contribution in [0.3, 0.4) is 0 Å². The first-order valence-corrected chi connectivity index (χ1v) is 11.2. The van der Waals surface area contributed by atoms with Crippen molar-refractivity contribution in [3.05, 3.63) is 87.9 Å². The average Bonchev–Trinajstić information content (AvgIpc) is 2.75. The molecule has 1 atom stereocenters. The molecule has 0 bridgehead atoms. The van der Waals surface area contributed by atoms with Crippen LogP contribution < -0.4 is 10.6 Å². The van der Waals surface area contributed by atoms with E-state index in [4.69, 9.17) is 23.2 Å². The lowest BCUT2D eigenvalue weighted by Crippen LogP contribution is -2.24. The van der Waals surface area contributed by atoms with Crippen LogP contribution in [0.1, 0.15) is 22.8 Å². The van der Waals surface area contributed by atoms with Crippen molar-refractivity contribution in [1.82, 2.24) is 0 Å². The molecule has 172 valence electrons. The summed E-state index contributed by atoms with van der Waals surface area (Å²) in [6, 6.07) is 16.4. The second-order valence-corrected chi connectivity index (χ2v) is 9.21. The number of thioether (sulfide) groups is 1. The SMILES string of the molecule is CC(Sc1ccc(NC(=O)c2cccc(Cl)c2)cc1)C(=O)Nc1ccc(Cl)cc1C(F)(F)F. The monoisotopic (exact) mass is 512 g/mol. The number of halogens is 5. The van der Waals surface area contributed by atoms with Crippen molar-refractivity contribution in [2.45, 2.75) is 23.2 Å². The van der Waals surface area contributed by atoms with E-state index in [1.165, 1.54) is 6.07 Å². The Morgan fingerprint density at radius 3 is 2.21 bits per heavy atom. The molecule has 33 heavy (non-hydrogen) atoms. The van der Waals surface area contributed by atoms with Gasteiger partial charge in [-0.15, -0.1) is 11.8 Å². The van der Waals surface area contributed by atoms with Crippen LogP contribution in [0.15, 0.2) is 71.6 Å². The van der Waals surface area contributed by atoms with Crippen molar-refractivity contribution in [3.8, 4) is 0 Å². The quantitative estimate of drug-likeness (QED) is 0.338. The highest BCUT2D eigenvalue weighted by atomic mass is 35.5. The van der Waals surface area contributed by atoms with Gasteiger partial charge >= 0.3 is 6.18 Å². The maximum atomic E-state index is 13.2. The topological polar surface area (TPSA) is 58.2 Å². The number of nitrogens with one attached hydrogen (secondary N) is 2. The Labute approximate surface area is 202 Å². The molecule has 1 unspecified atom stereocenters. The zero-order chi connectivity index (χ0) is 24.2. The maximum absolute atomic E-state index is 13.2. The fourth-order valence-electron chi connectivity index (χ4n) is 2.80. The molecule has 10 heteroatoms. The molecule has 0 saturated carbocycles. The highest BCUT2D eigenvalue weighted by Crippen LogP contribution is 2.37. The lowest BCUT2D eigenvalue weighted by Gasteiger charge is -2.17. The van der Waals surface area contributed by atoms with E-state index in [2.05, 4.69) is 10.6 Å². The van der Waals surface area contributed by atoms with E-state index < -0.39 is 22.9 Å². The number of carbonyl (C=O) groups is 2. The number of amides is 2. The van der Waals surface area contributed by atoms with Crippen LogP contribution in [-0.2, 0) is 11.0 Å². The van der Waals surface area contributed by atoms with E-state index in [9.17, 15) is 22.8 Å². The van der Waals surface area contributed by atoms with Gasteiger partial charge in [-0.3, -0.25) is 9.59 Å². The molecule has 0 heterocycles.